The van der Waals surface area contributed by atoms with Gasteiger partial charge in [-0.25, -0.2) is 0 Å². The highest BCUT2D eigenvalue weighted by Crippen LogP contribution is 2.62. The Kier molecular flexibility index (Phi) is 7.79. The van der Waals surface area contributed by atoms with Crippen molar-refractivity contribution in [3.63, 3.8) is 0 Å². The van der Waals surface area contributed by atoms with Crippen molar-refractivity contribution in [2.45, 2.75) is 110 Å². The van der Waals surface area contributed by atoms with Gasteiger partial charge in [-0.15, -0.1) is 0 Å². The summed E-state index contributed by atoms with van der Waals surface area (Å²) >= 11 is 0. The second-order valence-electron chi connectivity index (χ2n) is 12.0. The van der Waals surface area contributed by atoms with Crippen LogP contribution in [0.2, 0.25) is 0 Å². The Bertz CT molecular complexity index is 518. The summed E-state index contributed by atoms with van der Waals surface area (Å²) in [4.78, 5) is 12.5. The first-order valence-corrected chi connectivity index (χ1v) is 13.4. The number of rotatable bonds is 4. The smallest absolute Gasteiger partial charge is 0.178 e. The van der Waals surface area contributed by atoms with Gasteiger partial charge in [0.25, 0.3) is 0 Å². The molecule has 0 heterocycles. The maximum atomic E-state index is 12.5. The van der Waals surface area contributed by atoms with Gasteiger partial charge in [0.05, 0.1) is 0 Å². The van der Waals surface area contributed by atoms with E-state index in [1.807, 2.05) is 12.2 Å². The molecule has 1 rings (SSSR count). The standard InChI is InChI=1S/C24H44OP2/c1-21(2,3)26(22(4,5)6)16-18-13-19(15-20(25)14-18)17-27(23(7,8)9)24(10,11)12/h14-15H,13,16-17H2,1-12H3. The second-order valence-corrected chi connectivity index (χ2v) is 19.8. The van der Waals surface area contributed by atoms with Crippen LogP contribution in [0.25, 0.3) is 0 Å². The van der Waals surface area contributed by atoms with Crippen LogP contribution >= 0.6 is 15.8 Å². The third kappa shape index (κ3) is 7.74. The molecular formula is C24H44OP2. The molecule has 0 radical (unpaired) electrons. The highest BCUT2D eigenvalue weighted by molar-refractivity contribution is 7.61. The van der Waals surface area contributed by atoms with Crippen LogP contribution in [0.15, 0.2) is 23.3 Å². The van der Waals surface area contributed by atoms with E-state index in [1.54, 1.807) is 0 Å². The normalized spacial score (nSPS) is 17.5. The van der Waals surface area contributed by atoms with E-state index < -0.39 is 0 Å². The lowest BCUT2D eigenvalue weighted by Crippen LogP contribution is -2.28. The van der Waals surface area contributed by atoms with Gasteiger partial charge in [-0.05, 0) is 51.5 Å². The quantitative estimate of drug-likeness (QED) is 0.429. The van der Waals surface area contributed by atoms with E-state index in [2.05, 4.69) is 83.1 Å². The Morgan fingerprint density at radius 3 is 1.11 bits per heavy atom. The molecule has 0 bridgehead atoms. The molecule has 156 valence electrons. The Morgan fingerprint density at radius 2 is 0.889 bits per heavy atom. The summed E-state index contributed by atoms with van der Waals surface area (Å²) in [5.41, 5.74) is 2.73. The van der Waals surface area contributed by atoms with E-state index in [1.165, 1.54) is 11.1 Å². The van der Waals surface area contributed by atoms with Gasteiger partial charge in [-0.1, -0.05) is 110 Å². The lowest BCUT2D eigenvalue weighted by atomic mass is 10.00. The van der Waals surface area contributed by atoms with Gasteiger partial charge in [0.2, 0.25) is 0 Å². The largest absolute Gasteiger partial charge is 0.290 e. The van der Waals surface area contributed by atoms with Gasteiger partial charge in [-0.2, -0.15) is 0 Å². The highest BCUT2D eigenvalue weighted by Gasteiger charge is 2.37. The van der Waals surface area contributed by atoms with Crippen molar-refractivity contribution < 1.29 is 4.79 Å². The van der Waals surface area contributed by atoms with E-state index in [9.17, 15) is 4.79 Å². The first-order valence-electron chi connectivity index (χ1n) is 10.3. The number of ketones is 1. The van der Waals surface area contributed by atoms with E-state index in [-0.39, 0.29) is 21.6 Å². The zero-order chi connectivity index (χ0) is 21.4. The van der Waals surface area contributed by atoms with Gasteiger partial charge in [0.15, 0.2) is 5.78 Å². The first kappa shape index (κ1) is 25.0. The van der Waals surface area contributed by atoms with E-state index in [0.717, 1.165) is 18.7 Å². The predicted octanol–water partition coefficient (Wildman–Crippen LogP) is 7.97. The van der Waals surface area contributed by atoms with Crippen molar-refractivity contribution in [1.82, 2.24) is 0 Å². The summed E-state index contributed by atoms with van der Waals surface area (Å²) < 4.78 is 0. The Morgan fingerprint density at radius 1 is 0.630 bits per heavy atom. The molecule has 1 aliphatic rings. The van der Waals surface area contributed by atoms with Gasteiger partial charge >= 0.3 is 0 Å². The summed E-state index contributed by atoms with van der Waals surface area (Å²) in [6.07, 6.45) is 7.06. The van der Waals surface area contributed by atoms with Gasteiger partial charge in [-0.3, -0.25) is 4.79 Å². The molecule has 0 aromatic rings. The Hall–Kier alpha value is 0.01000. The molecule has 1 aliphatic carbocycles. The van der Waals surface area contributed by atoms with Crippen LogP contribution in [0.3, 0.4) is 0 Å². The van der Waals surface area contributed by atoms with Crippen molar-refractivity contribution in [2.24, 2.45) is 0 Å². The molecule has 0 aromatic carbocycles. The fraction of sp³-hybridized carbons (Fsp3) is 0.792. The maximum absolute atomic E-state index is 12.5. The number of allylic oxidation sites excluding steroid dienone is 4. The molecule has 3 heteroatoms. The number of carbonyl (C=O) groups is 1. The van der Waals surface area contributed by atoms with E-state index in [0.29, 0.717) is 20.6 Å². The lowest BCUT2D eigenvalue weighted by molar-refractivity contribution is -0.110. The van der Waals surface area contributed by atoms with Crippen LogP contribution in [0.5, 0.6) is 0 Å². The molecule has 0 atom stereocenters. The molecule has 0 saturated heterocycles. The predicted molar refractivity (Wildman–Crippen MR) is 128 cm³/mol. The molecule has 0 N–H and O–H groups in total. The molecule has 0 saturated carbocycles. The summed E-state index contributed by atoms with van der Waals surface area (Å²) in [6, 6.07) is 0. The van der Waals surface area contributed by atoms with Gasteiger partial charge < -0.3 is 0 Å². The van der Waals surface area contributed by atoms with Crippen molar-refractivity contribution in [2.75, 3.05) is 12.3 Å². The number of hydrogen-bond donors (Lipinski definition) is 0. The van der Waals surface area contributed by atoms with Crippen molar-refractivity contribution in [3.8, 4) is 0 Å². The zero-order valence-corrected chi connectivity index (χ0v) is 21.9. The van der Waals surface area contributed by atoms with Crippen molar-refractivity contribution >= 4 is 21.6 Å². The van der Waals surface area contributed by atoms with E-state index in [4.69, 9.17) is 0 Å². The van der Waals surface area contributed by atoms with Crippen LogP contribution in [-0.4, -0.2) is 38.7 Å². The van der Waals surface area contributed by atoms with E-state index >= 15 is 0 Å². The maximum Gasteiger partial charge on any atom is 0.178 e. The fourth-order valence-corrected chi connectivity index (χ4v) is 11.5. The fourth-order valence-electron chi connectivity index (χ4n) is 4.41. The first-order chi connectivity index (χ1) is 11.8. The minimum atomic E-state index is -0.212. The van der Waals surface area contributed by atoms with Crippen LogP contribution in [0.1, 0.15) is 89.5 Å². The monoisotopic (exact) mass is 410 g/mol. The minimum absolute atomic E-state index is 0.210. The minimum Gasteiger partial charge on any atom is -0.290 e. The van der Waals surface area contributed by atoms with Crippen LogP contribution in [-0.2, 0) is 4.79 Å². The van der Waals surface area contributed by atoms with Crippen molar-refractivity contribution in [1.29, 1.82) is 0 Å². The third-order valence-electron chi connectivity index (χ3n) is 5.11. The lowest BCUT2D eigenvalue weighted by Gasteiger charge is -2.43. The molecular weight excluding hydrogens is 366 g/mol. The Labute approximate surface area is 172 Å². The molecule has 1 nitrogen and oxygen atoms in total. The highest BCUT2D eigenvalue weighted by atomic mass is 31.1. The van der Waals surface area contributed by atoms with Crippen LogP contribution in [0, 0.1) is 0 Å². The molecule has 0 spiro atoms. The van der Waals surface area contributed by atoms with Crippen LogP contribution in [0.4, 0.5) is 0 Å². The topological polar surface area (TPSA) is 17.1 Å². The molecule has 0 unspecified atom stereocenters. The molecule has 27 heavy (non-hydrogen) atoms. The molecule has 0 amide bonds. The molecule has 0 aliphatic heterocycles. The SMILES string of the molecule is CC(C)(C)P(CC1=CC(=O)C=C(CP(C(C)(C)C)C(C)(C)C)C1)C(C)(C)C. The zero-order valence-electron chi connectivity index (χ0n) is 20.1. The van der Waals surface area contributed by atoms with Crippen molar-refractivity contribution in [3.05, 3.63) is 23.3 Å². The average Bonchev–Trinajstić information content (AvgIpc) is 2.36. The van der Waals surface area contributed by atoms with Crippen LogP contribution < -0.4 is 0 Å². The number of carbonyl (C=O) groups excluding carboxylic acids is 1. The summed E-state index contributed by atoms with van der Waals surface area (Å²) in [5, 5.41) is 1.18. The molecule has 0 fully saturated rings. The van der Waals surface area contributed by atoms with Gasteiger partial charge in [0.1, 0.15) is 0 Å². The molecule has 0 aromatic heterocycles. The summed E-state index contributed by atoms with van der Waals surface area (Å²) in [5.74, 6) is 0.210. The Balaban J connectivity index is 3.04. The third-order valence-corrected chi connectivity index (χ3v) is 13.0. The average molecular weight is 411 g/mol. The number of hydrogen-bond acceptors (Lipinski definition) is 1. The second kappa shape index (κ2) is 8.40. The summed E-state index contributed by atoms with van der Waals surface area (Å²) in [6.45, 7) is 28.4. The summed E-state index contributed by atoms with van der Waals surface area (Å²) in [7, 11) is -0.423. The van der Waals surface area contributed by atoms with Gasteiger partial charge in [0, 0.05) is 0 Å².